The zero-order valence-electron chi connectivity index (χ0n) is 14.8. The van der Waals surface area contributed by atoms with Gasteiger partial charge in [-0.1, -0.05) is 30.3 Å². The maximum absolute atomic E-state index is 13.6. The molecular weight excluding hydrogens is 312 g/mol. The van der Waals surface area contributed by atoms with Crippen LogP contribution in [0.25, 0.3) is 0 Å². The highest BCUT2D eigenvalue weighted by molar-refractivity contribution is 5.85. The molecule has 2 atom stereocenters. The number of likely N-dealkylation sites (tertiary alicyclic amines) is 1. The van der Waals surface area contributed by atoms with Gasteiger partial charge in [-0.25, -0.2) is 0 Å². The maximum atomic E-state index is 13.6. The molecule has 5 heteroatoms. The Balaban J connectivity index is 1.60. The van der Waals surface area contributed by atoms with E-state index in [9.17, 15) is 4.79 Å². The highest BCUT2D eigenvalue weighted by Crippen LogP contribution is 2.37. The van der Waals surface area contributed by atoms with Crippen molar-refractivity contribution < 1.29 is 4.79 Å². The lowest BCUT2D eigenvalue weighted by Crippen LogP contribution is -2.56. The lowest BCUT2D eigenvalue weighted by Gasteiger charge is -2.40. The van der Waals surface area contributed by atoms with Gasteiger partial charge >= 0.3 is 0 Å². The third-order valence-corrected chi connectivity index (χ3v) is 5.88. The van der Waals surface area contributed by atoms with Crippen LogP contribution in [0.4, 0.5) is 0 Å². The summed E-state index contributed by atoms with van der Waals surface area (Å²) in [6.45, 7) is 4.70. The average molecular weight is 338 g/mol. The molecule has 0 saturated carbocycles. The van der Waals surface area contributed by atoms with E-state index >= 15 is 0 Å². The molecule has 2 saturated heterocycles. The van der Waals surface area contributed by atoms with Crippen LogP contribution in [0.5, 0.6) is 0 Å². The molecule has 2 unspecified atom stereocenters. The van der Waals surface area contributed by atoms with E-state index in [1.807, 2.05) is 23.0 Å². The standard InChI is InChI=1S/C20H26N4O/c1-16-14-18(17-6-3-2-4-7-17)15-23(16)19(25)20(8-11-21-12-9-20)24-13-5-10-22-24/h2-7,10,13,16,18,21H,8-9,11-12,14-15H2,1H3. The predicted molar refractivity (Wildman–Crippen MR) is 97.3 cm³/mol. The van der Waals surface area contributed by atoms with Gasteiger partial charge in [0, 0.05) is 30.9 Å². The van der Waals surface area contributed by atoms with Gasteiger partial charge < -0.3 is 10.2 Å². The van der Waals surface area contributed by atoms with Crippen molar-refractivity contribution in [3.8, 4) is 0 Å². The number of rotatable bonds is 3. The first-order valence-corrected chi connectivity index (χ1v) is 9.27. The van der Waals surface area contributed by atoms with Crippen LogP contribution >= 0.6 is 0 Å². The molecular formula is C20H26N4O. The van der Waals surface area contributed by atoms with Crippen molar-refractivity contribution in [2.24, 2.45) is 0 Å². The zero-order valence-corrected chi connectivity index (χ0v) is 14.8. The largest absolute Gasteiger partial charge is 0.337 e. The summed E-state index contributed by atoms with van der Waals surface area (Å²) in [7, 11) is 0. The molecule has 25 heavy (non-hydrogen) atoms. The molecule has 0 aliphatic carbocycles. The maximum Gasteiger partial charge on any atom is 0.250 e. The number of piperidine rings is 1. The third-order valence-electron chi connectivity index (χ3n) is 5.88. The molecule has 4 rings (SSSR count). The van der Waals surface area contributed by atoms with E-state index in [2.05, 4.69) is 46.5 Å². The quantitative estimate of drug-likeness (QED) is 0.935. The molecule has 0 bridgehead atoms. The van der Waals surface area contributed by atoms with Gasteiger partial charge in [0.1, 0.15) is 5.54 Å². The highest BCUT2D eigenvalue weighted by atomic mass is 16.2. The second kappa shape index (κ2) is 6.64. The number of hydrogen-bond donors (Lipinski definition) is 1. The second-order valence-corrected chi connectivity index (χ2v) is 7.38. The number of aromatic nitrogens is 2. The minimum Gasteiger partial charge on any atom is -0.337 e. The first-order valence-electron chi connectivity index (χ1n) is 9.27. The van der Waals surface area contributed by atoms with Crippen molar-refractivity contribution in [2.45, 2.75) is 43.7 Å². The topological polar surface area (TPSA) is 50.2 Å². The van der Waals surface area contributed by atoms with E-state index in [1.165, 1.54) is 5.56 Å². The van der Waals surface area contributed by atoms with Gasteiger partial charge in [0.25, 0.3) is 5.91 Å². The number of amides is 1. The fourth-order valence-corrected chi connectivity index (χ4v) is 4.45. The molecule has 5 nitrogen and oxygen atoms in total. The summed E-state index contributed by atoms with van der Waals surface area (Å²) in [6, 6.07) is 12.8. The Kier molecular flexibility index (Phi) is 4.34. The van der Waals surface area contributed by atoms with Crippen molar-refractivity contribution in [1.29, 1.82) is 0 Å². The Morgan fingerprint density at radius 3 is 2.64 bits per heavy atom. The second-order valence-electron chi connectivity index (χ2n) is 7.38. The van der Waals surface area contributed by atoms with Gasteiger partial charge in [-0.05, 0) is 50.9 Å². The van der Waals surface area contributed by atoms with Crippen molar-refractivity contribution >= 4 is 5.91 Å². The van der Waals surface area contributed by atoms with Crippen molar-refractivity contribution in [3.05, 3.63) is 54.4 Å². The molecule has 1 aromatic carbocycles. The molecule has 0 radical (unpaired) electrons. The molecule has 2 aliphatic rings. The number of hydrogen-bond acceptors (Lipinski definition) is 3. The Morgan fingerprint density at radius 2 is 1.96 bits per heavy atom. The minimum atomic E-state index is -0.533. The van der Waals surface area contributed by atoms with Crippen molar-refractivity contribution in [1.82, 2.24) is 20.0 Å². The van der Waals surface area contributed by atoms with Crippen LogP contribution in [0.2, 0.25) is 0 Å². The fraction of sp³-hybridized carbons (Fsp3) is 0.500. The van der Waals surface area contributed by atoms with Crippen LogP contribution in [0.15, 0.2) is 48.8 Å². The summed E-state index contributed by atoms with van der Waals surface area (Å²) in [5.74, 6) is 0.667. The van der Waals surface area contributed by atoms with E-state index in [1.54, 1.807) is 6.20 Å². The van der Waals surface area contributed by atoms with Crippen molar-refractivity contribution in [2.75, 3.05) is 19.6 Å². The van der Waals surface area contributed by atoms with Gasteiger partial charge in [0.2, 0.25) is 0 Å². The summed E-state index contributed by atoms with van der Waals surface area (Å²) in [4.78, 5) is 15.7. The van der Waals surface area contributed by atoms with Crippen molar-refractivity contribution in [3.63, 3.8) is 0 Å². The minimum absolute atomic E-state index is 0.239. The van der Waals surface area contributed by atoms with Gasteiger partial charge in [0.15, 0.2) is 0 Å². The van der Waals surface area contributed by atoms with Gasteiger partial charge in [-0.3, -0.25) is 9.48 Å². The Morgan fingerprint density at radius 1 is 1.20 bits per heavy atom. The lowest BCUT2D eigenvalue weighted by atomic mass is 9.86. The predicted octanol–water partition coefficient (Wildman–Crippen LogP) is 2.37. The summed E-state index contributed by atoms with van der Waals surface area (Å²) < 4.78 is 1.90. The zero-order chi connectivity index (χ0) is 17.3. The molecule has 132 valence electrons. The van der Waals surface area contributed by atoms with E-state index < -0.39 is 5.54 Å². The number of nitrogens with one attached hydrogen (secondary N) is 1. The molecule has 2 fully saturated rings. The summed E-state index contributed by atoms with van der Waals surface area (Å²) >= 11 is 0. The number of carbonyl (C=O) groups excluding carboxylic acids is 1. The molecule has 2 aromatic rings. The van der Waals surface area contributed by atoms with Gasteiger partial charge in [-0.2, -0.15) is 5.10 Å². The summed E-state index contributed by atoms with van der Waals surface area (Å²) in [5.41, 5.74) is 0.803. The number of nitrogens with zero attached hydrogens (tertiary/aromatic N) is 3. The molecule has 1 aromatic heterocycles. The SMILES string of the molecule is CC1CC(c2ccccc2)CN1C(=O)C1(n2cccn2)CCNCC1. The van der Waals surface area contributed by atoms with Crippen LogP contribution in [-0.4, -0.2) is 46.3 Å². The first kappa shape index (κ1) is 16.3. The van der Waals surface area contributed by atoms with Crippen LogP contribution in [-0.2, 0) is 10.3 Å². The van der Waals surface area contributed by atoms with Crippen LogP contribution in [0.1, 0.15) is 37.7 Å². The summed E-state index contributed by atoms with van der Waals surface area (Å²) in [6.07, 6.45) is 6.35. The Hall–Kier alpha value is -2.14. The Bertz CT molecular complexity index is 707. The average Bonchev–Trinajstić information content (AvgIpc) is 3.32. The van der Waals surface area contributed by atoms with E-state index in [0.717, 1.165) is 38.9 Å². The number of carbonyl (C=O) groups is 1. The van der Waals surface area contributed by atoms with Crippen LogP contribution in [0, 0.1) is 0 Å². The van der Waals surface area contributed by atoms with E-state index in [-0.39, 0.29) is 11.9 Å². The molecule has 1 N–H and O–H groups in total. The fourth-order valence-electron chi connectivity index (χ4n) is 4.45. The van der Waals surface area contributed by atoms with Crippen LogP contribution < -0.4 is 5.32 Å². The lowest BCUT2D eigenvalue weighted by molar-refractivity contribution is -0.143. The summed E-state index contributed by atoms with van der Waals surface area (Å²) in [5, 5.41) is 7.83. The molecule has 3 heterocycles. The third kappa shape index (κ3) is 2.86. The molecule has 2 aliphatic heterocycles. The molecule has 0 spiro atoms. The van der Waals surface area contributed by atoms with E-state index in [0.29, 0.717) is 5.92 Å². The van der Waals surface area contributed by atoms with Crippen LogP contribution in [0.3, 0.4) is 0 Å². The van der Waals surface area contributed by atoms with Gasteiger partial charge in [0.05, 0.1) is 0 Å². The normalized spacial score (nSPS) is 25.9. The van der Waals surface area contributed by atoms with E-state index in [4.69, 9.17) is 0 Å². The Labute approximate surface area is 149 Å². The highest BCUT2D eigenvalue weighted by Gasteiger charge is 2.47. The molecule has 1 amide bonds. The number of benzene rings is 1. The smallest absolute Gasteiger partial charge is 0.250 e. The van der Waals surface area contributed by atoms with Gasteiger partial charge in [-0.15, -0.1) is 0 Å². The first-order chi connectivity index (χ1) is 12.2. The monoisotopic (exact) mass is 338 g/mol.